The maximum Gasteiger partial charge on any atom is 0.262 e. The minimum atomic E-state index is -2.72. The molecule has 98 valence electrons. The van der Waals surface area contributed by atoms with Gasteiger partial charge >= 0.3 is 0 Å². The predicted molar refractivity (Wildman–Crippen MR) is 60.9 cm³/mol. The summed E-state index contributed by atoms with van der Waals surface area (Å²) in [6.45, 7) is 5.35. The van der Waals surface area contributed by atoms with Crippen molar-refractivity contribution in [3.63, 3.8) is 0 Å². The molecular weight excluding hydrogens is 226 g/mol. The first-order valence-electron chi connectivity index (χ1n) is 6.29. The number of nitrogens with zero attached hydrogens (tertiary/aromatic N) is 1. The Balaban J connectivity index is 1.90. The first-order chi connectivity index (χ1) is 7.89. The molecule has 0 spiro atoms. The van der Waals surface area contributed by atoms with Gasteiger partial charge in [0.1, 0.15) is 0 Å². The number of hydrogen-bond donors (Lipinski definition) is 1. The quantitative estimate of drug-likeness (QED) is 0.800. The van der Waals surface area contributed by atoms with E-state index in [-0.39, 0.29) is 18.9 Å². The molecule has 3 nitrogen and oxygen atoms in total. The Morgan fingerprint density at radius 1 is 1.47 bits per heavy atom. The van der Waals surface area contributed by atoms with E-state index < -0.39 is 12.0 Å². The third-order valence-corrected chi connectivity index (χ3v) is 3.89. The highest BCUT2D eigenvalue weighted by Gasteiger charge is 2.44. The van der Waals surface area contributed by atoms with Crippen LogP contribution in [0.2, 0.25) is 0 Å². The van der Waals surface area contributed by atoms with Gasteiger partial charge in [-0.15, -0.1) is 0 Å². The van der Waals surface area contributed by atoms with Crippen LogP contribution in [0.4, 0.5) is 8.78 Å². The smallest absolute Gasteiger partial charge is 0.262 e. The van der Waals surface area contributed by atoms with Gasteiger partial charge in [0.25, 0.3) is 5.92 Å². The first kappa shape index (κ1) is 12.7. The fourth-order valence-corrected chi connectivity index (χ4v) is 2.64. The van der Waals surface area contributed by atoms with Gasteiger partial charge in [0.05, 0.1) is 12.6 Å². The van der Waals surface area contributed by atoms with Crippen molar-refractivity contribution in [2.45, 2.75) is 38.7 Å². The van der Waals surface area contributed by atoms with E-state index in [2.05, 4.69) is 19.2 Å². The second-order valence-electron chi connectivity index (χ2n) is 5.57. The third-order valence-electron chi connectivity index (χ3n) is 3.89. The lowest BCUT2D eigenvalue weighted by atomic mass is 9.95. The summed E-state index contributed by atoms with van der Waals surface area (Å²) in [5, 5.41) is 2.63. The van der Waals surface area contributed by atoms with E-state index in [1.54, 1.807) is 4.90 Å². The normalized spacial score (nSPS) is 32.4. The van der Waals surface area contributed by atoms with Crippen LogP contribution in [0.3, 0.4) is 0 Å². The van der Waals surface area contributed by atoms with Crippen molar-refractivity contribution >= 4 is 5.91 Å². The van der Waals surface area contributed by atoms with Crippen LogP contribution in [0.1, 0.15) is 26.7 Å². The van der Waals surface area contributed by atoms with E-state index in [0.29, 0.717) is 18.4 Å². The van der Waals surface area contributed by atoms with Gasteiger partial charge in [-0.2, -0.15) is 0 Å². The summed E-state index contributed by atoms with van der Waals surface area (Å²) in [7, 11) is 0. The van der Waals surface area contributed by atoms with Crippen molar-refractivity contribution in [2.24, 2.45) is 11.8 Å². The van der Waals surface area contributed by atoms with Gasteiger partial charge in [0.15, 0.2) is 0 Å². The summed E-state index contributed by atoms with van der Waals surface area (Å²) in [4.78, 5) is 13.8. The van der Waals surface area contributed by atoms with Crippen molar-refractivity contribution in [3.05, 3.63) is 0 Å². The summed E-state index contributed by atoms with van der Waals surface area (Å²) in [5.74, 6) is -1.81. The molecule has 2 unspecified atom stereocenters. The molecule has 2 aliphatic rings. The molecule has 0 radical (unpaired) electrons. The molecule has 0 bridgehead atoms. The third kappa shape index (κ3) is 2.76. The van der Waals surface area contributed by atoms with Crippen LogP contribution in [-0.4, -0.2) is 42.4 Å². The Morgan fingerprint density at radius 3 is 2.65 bits per heavy atom. The molecule has 2 saturated heterocycles. The number of alkyl halides is 2. The van der Waals surface area contributed by atoms with Crippen LogP contribution in [-0.2, 0) is 4.79 Å². The molecular formula is C12H20F2N2O. The number of rotatable bonds is 2. The second kappa shape index (κ2) is 4.52. The SMILES string of the molecule is CC(C)C1CCN(C(=O)C2CC(F)(F)CN2)C1. The van der Waals surface area contributed by atoms with Crippen molar-refractivity contribution in [1.29, 1.82) is 0 Å². The Kier molecular flexibility index (Phi) is 3.39. The Morgan fingerprint density at radius 2 is 2.18 bits per heavy atom. The molecule has 0 aliphatic carbocycles. The van der Waals surface area contributed by atoms with E-state index in [1.165, 1.54) is 0 Å². The molecule has 2 atom stereocenters. The highest BCUT2D eigenvalue weighted by Crippen LogP contribution is 2.29. The Hall–Kier alpha value is -0.710. The molecule has 2 fully saturated rings. The van der Waals surface area contributed by atoms with Gasteiger partial charge in [-0.05, 0) is 18.3 Å². The summed E-state index contributed by atoms with van der Waals surface area (Å²) in [6, 6.07) is -0.684. The lowest BCUT2D eigenvalue weighted by Crippen LogP contribution is -2.42. The van der Waals surface area contributed by atoms with Crippen LogP contribution >= 0.6 is 0 Å². The van der Waals surface area contributed by atoms with Crippen LogP contribution in [0.5, 0.6) is 0 Å². The topological polar surface area (TPSA) is 32.3 Å². The highest BCUT2D eigenvalue weighted by molar-refractivity contribution is 5.82. The maximum atomic E-state index is 13.0. The van der Waals surface area contributed by atoms with Crippen molar-refractivity contribution in [2.75, 3.05) is 19.6 Å². The van der Waals surface area contributed by atoms with Crippen molar-refractivity contribution in [3.8, 4) is 0 Å². The van der Waals surface area contributed by atoms with E-state index in [1.807, 2.05) is 0 Å². The molecule has 2 heterocycles. The largest absolute Gasteiger partial charge is 0.341 e. The molecule has 0 aromatic rings. The Labute approximate surface area is 101 Å². The lowest BCUT2D eigenvalue weighted by Gasteiger charge is -2.21. The molecule has 1 amide bonds. The zero-order valence-electron chi connectivity index (χ0n) is 10.4. The number of carbonyl (C=O) groups excluding carboxylic acids is 1. The summed E-state index contributed by atoms with van der Waals surface area (Å²) in [5.41, 5.74) is 0. The van der Waals surface area contributed by atoms with Gasteiger partial charge in [-0.25, -0.2) is 8.78 Å². The second-order valence-corrected chi connectivity index (χ2v) is 5.57. The predicted octanol–water partition coefficient (Wildman–Crippen LogP) is 1.49. The minimum absolute atomic E-state index is 0.148. The number of likely N-dealkylation sites (tertiary alicyclic amines) is 1. The van der Waals surface area contributed by atoms with Crippen LogP contribution in [0.25, 0.3) is 0 Å². The van der Waals surface area contributed by atoms with Gasteiger partial charge in [-0.1, -0.05) is 13.8 Å². The average molecular weight is 246 g/mol. The molecule has 0 saturated carbocycles. The van der Waals surface area contributed by atoms with E-state index in [0.717, 1.165) is 13.0 Å². The van der Waals surface area contributed by atoms with Crippen molar-refractivity contribution in [1.82, 2.24) is 10.2 Å². The Bertz CT molecular complexity index is 307. The average Bonchev–Trinajstić information content (AvgIpc) is 2.83. The summed E-state index contributed by atoms with van der Waals surface area (Å²) in [6.07, 6.45) is 0.640. The number of amides is 1. The first-order valence-corrected chi connectivity index (χ1v) is 6.29. The summed E-state index contributed by atoms with van der Waals surface area (Å²) < 4.78 is 26.0. The van der Waals surface area contributed by atoms with E-state index >= 15 is 0 Å². The lowest BCUT2D eigenvalue weighted by molar-refractivity contribution is -0.132. The molecule has 5 heteroatoms. The number of hydrogen-bond acceptors (Lipinski definition) is 2. The molecule has 0 aromatic heterocycles. The minimum Gasteiger partial charge on any atom is -0.341 e. The van der Waals surface area contributed by atoms with Gasteiger partial charge in [0, 0.05) is 19.5 Å². The van der Waals surface area contributed by atoms with Gasteiger partial charge < -0.3 is 4.90 Å². The van der Waals surface area contributed by atoms with E-state index in [9.17, 15) is 13.6 Å². The molecule has 2 rings (SSSR count). The number of halogens is 2. The van der Waals surface area contributed by atoms with Crippen molar-refractivity contribution < 1.29 is 13.6 Å². The number of nitrogens with one attached hydrogen (secondary N) is 1. The zero-order chi connectivity index (χ0) is 12.6. The molecule has 1 N–H and O–H groups in total. The maximum absolute atomic E-state index is 13.0. The van der Waals surface area contributed by atoms with Crippen LogP contribution in [0, 0.1) is 11.8 Å². The zero-order valence-corrected chi connectivity index (χ0v) is 10.4. The van der Waals surface area contributed by atoms with Gasteiger partial charge in [0.2, 0.25) is 5.91 Å². The molecule has 17 heavy (non-hydrogen) atoms. The van der Waals surface area contributed by atoms with Crippen LogP contribution < -0.4 is 5.32 Å². The highest BCUT2D eigenvalue weighted by atomic mass is 19.3. The van der Waals surface area contributed by atoms with Gasteiger partial charge in [-0.3, -0.25) is 10.1 Å². The van der Waals surface area contributed by atoms with E-state index in [4.69, 9.17) is 0 Å². The fourth-order valence-electron chi connectivity index (χ4n) is 2.64. The number of carbonyl (C=O) groups is 1. The fraction of sp³-hybridized carbons (Fsp3) is 0.917. The monoisotopic (exact) mass is 246 g/mol. The molecule has 2 aliphatic heterocycles. The summed E-state index contributed by atoms with van der Waals surface area (Å²) >= 11 is 0. The standard InChI is InChI=1S/C12H20F2N2O/c1-8(2)9-3-4-16(6-9)11(17)10-5-12(13,14)7-15-10/h8-10,15H,3-7H2,1-2H3. The molecule has 0 aromatic carbocycles. The van der Waals surface area contributed by atoms with Crippen LogP contribution in [0.15, 0.2) is 0 Å².